The van der Waals surface area contributed by atoms with Gasteiger partial charge in [0.25, 0.3) is 0 Å². The van der Waals surface area contributed by atoms with E-state index in [-0.39, 0.29) is 0 Å². The van der Waals surface area contributed by atoms with Gasteiger partial charge in [-0.3, -0.25) is 0 Å². The minimum atomic E-state index is 0.424. The Morgan fingerprint density at radius 2 is 2.00 bits per heavy atom. The van der Waals surface area contributed by atoms with Gasteiger partial charge < -0.3 is 14.8 Å². The van der Waals surface area contributed by atoms with Crippen LogP contribution in [0.3, 0.4) is 0 Å². The molecule has 0 aromatic heterocycles. The highest BCUT2D eigenvalue weighted by Gasteiger charge is 2.18. The first kappa shape index (κ1) is 13.4. The molecule has 0 radical (unpaired) electrons. The molecule has 2 rings (SSSR count). The molecule has 1 fully saturated rings. The van der Waals surface area contributed by atoms with Gasteiger partial charge in [-0.2, -0.15) is 0 Å². The lowest BCUT2D eigenvalue weighted by molar-refractivity contribution is 0.0585. The van der Waals surface area contributed by atoms with Crippen molar-refractivity contribution in [2.24, 2.45) is 5.92 Å². The molecule has 1 unspecified atom stereocenters. The molecule has 1 aliphatic heterocycles. The van der Waals surface area contributed by atoms with Crippen LogP contribution < -0.4 is 10.1 Å². The zero-order valence-corrected chi connectivity index (χ0v) is 11.1. The second-order valence-electron chi connectivity index (χ2n) is 4.90. The molecule has 1 heterocycles. The summed E-state index contributed by atoms with van der Waals surface area (Å²) in [6.07, 6.45) is 3.54. The van der Waals surface area contributed by atoms with Crippen LogP contribution in [-0.4, -0.2) is 32.9 Å². The van der Waals surface area contributed by atoms with Crippen LogP contribution in [0.25, 0.3) is 0 Å². The van der Waals surface area contributed by atoms with Crippen LogP contribution in [0.5, 0.6) is 5.75 Å². The fraction of sp³-hybridized carbons (Fsp3) is 0.600. The van der Waals surface area contributed by atoms with Gasteiger partial charge in [0.15, 0.2) is 0 Å². The van der Waals surface area contributed by atoms with Gasteiger partial charge in [-0.15, -0.1) is 0 Å². The minimum absolute atomic E-state index is 0.424. The van der Waals surface area contributed by atoms with Crippen LogP contribution in [0.4, 0.5) is 0 Å². The fourth-order valence-electron chi connectivity index (χ4n) is 2.37. The van der Waals surface area contributed by atoms with Gasteiger partial charge in [-0.1, -0.05) is 18.2 Å². The monoisotopic (exact) mass is 249 g/mol. The van der Waals surface area contributed by atoms with E-state index in [9.17, 15) is 0 Å². The van der Waals surface area contributed by atoms with Crippen LogP contribution in [0.1, 0.15) is 19.3 Å². The van der Waals surface area contributed by atoms with Crippen molar-refractivity contribution in [1.29, 1.82) is 0 Å². The summed E-state index contributed by atoms with van der Waals surface area (Å²) in [5.74, 6) is 1.72. The highest BCUT2D eigenvalue weighted by atomic mass is 16.5. The van der Waals surface area contributed by atoms with E-state index in [0.717, 1.165) is 31.5 Å². The Morgan fingerprint density at radius 3 is 2.67 bits per heavy atom. The average molecular weight is 249 g/mol. The standard InChI is InChI=1S/C15H23NO2/c1-16-14(11-13-7-9-17-10-8-13)12-18-15-5-3-2-4-6-15/h2-6,13-14,16H,7-12H2,1H3. The van der Waals surface area contributed by atoms with E-state index in [1.165, 1.54) is 19.3 Å². The van der Waals surface area contributed by atoms with Crippen LogP contribution in [0.2, 0.25) is 0 Å². The molecular formula is C15H23NO2. The van der Waals surface area contributed by atoms with E-state index in [2.05, 4.69) is 5.32 Å². The van der Waals surface area contributed by atoms with Gasteiger partial charge in [0.1, 0.15) is 12.4 Å². The van der Waals surface area contributed by atoms with Gasteiger partial charge in [0.2, 0.25) is 0 Å². The molecule has 1 aromatic rings. The number of rotatable bonds is 6. The Labute approximate surface area is 109 Å². The Hall–Kier alpha value is -1.06. The summed E-state index contributed by atoms with van der Waals surface area (Å²) >= 11 is 0. The summed E-state index contributed by atoms with van der Waals surface area (Å²) in [6.45, 7) is 2.57. The summed E-state index contributed by atoms with van der Waals surface area (Å²) in [7, 11) is 2.01. The number of ether oxygens (including phenoxy) is 2. The molecular weight excluding hydrogens is 226 g/mol. The van der Waals surface area contributed by atoms with Crippen LogP contribution in [-0.2, 0) is 4.74 Å². The fourth-order valence-corrected chi connectivity index (χ4v) is 2.37. The Bertz CT molecular complexity index is 323. The molecule has 0 aliphatic carbocycles. The summed E-state index contributed by atoms with van der Waals surface area (Å²) in [4.78, 5) is 0. The van der Waals surface area contributed by atoms with Gasteiger partial charge >= 0.3 is 0 Å². The molecule has 1 saturated heterocycles. The van der Waals surface area contributed by atoms with E-state index >= 15 is 0 Å². The highest BCUT2D eigenvalue weighted by molar-refractivity contribution is 5.20. The lowest BCUT2D eigenvalue weighted by Crippen LogP contribution is -2.35. The molecule has 1 aromatic carbocycles. The summed E-state index contributed by atoms with van der Waals surface area (Å²) in [5, 5.41) is 3.35. The van der Waals surface area contributed by atoms with Crippen LogP contribution >= 0.6 is 0 Å². The number of likely N-dealkylation sites (N-methyl/N-ethyl adjacent to an activating group) is 1. The van der Waals surface area contributed by atoms with Gasteiger partial charge in [0.05, 0.1) is 0 Å². The number of hydrogen-bond donors (Lipinski definition) is 1. The highest BCUT2D eigenvalue weighted by Crippen LogP contribution is 2.20. The first-order valence-electron chi connectivity index (χ1n) is 6.81. The van der Waals surface area contributed by atoms with Crippen molar-refractivity contribution in [2.45, 2.75) is 25.3 Å². The average Bonchev–Trinajstić information content (AvgIpc) is 2.45. The van der Waals surface area contributed by atoms with E-state index < -0.39 is 0 Å². The van der Waals surface area contributed by atoms with Crippen molar-refractivity contribution in [3.8, 4) is 5.75 Å². The van der Waals surface area contributed by atoms with E-state index in [1.807, 2.05) is 37.4 Å². The lowest BCUT2D eigenvalue weighted by atomic mass is 9.93. The Morgan fingerprint density at radius 1 is 1.28 bits per heavy atom. The van der Waals surface area contributed by atoms with E-state index in [1.54, 1.807) is 0 Å². The van der Waals surface area contributed by atoms with Crippen molar-refractivity contribution in [3.05, 3.63) is 30.3 Å². The normalized spacial score (nSPS) is 18.5. The maximum atomic E-state index is 5.81. The molecule has 3 nitrogen and oxygen atoms in total. The second kappa shape index (κ2) is 7.39. The minimum Gasteiger partial charge on any atom is -0.492 e. The third-order valence-corrected chi connectivity index (χ3v) is 3.56. The molecule has 0 saturated carbocycles. The zero-order chi connectivity index (χ0) is 12.6. The first-order chi connectivity index (χ1) is 8.88. The number of nitrogens with one attached hydrogen (secondary N) is 1. The largest absolute Gasteiger partial charge is 0.492 e. The third-order valence-electron chi connectivity index (χ3n) is 3.56. The molecule has 100 valence electrons. The van der Waals surface area contributed by atoms with E-state index in [4.69, 9.17) is 9.47 Å². The number of hydrogen-bond acceptors (Lipinski definition) is 3. The quantitative estimate of drug-likeness (QED) is 0.840. The predicted octanol–water partition coefficient (Wildman–Crippen LogP) is 2.47. The SMILES string of the molecule is CNC(COc1ccccc1)CC1CCOCC1. The zero-order valence-electron chi connectivity index (χ0n) is 11.1. The van der Waals surface area contributed by atoms with Crippen molar-refractivity contribution in [3.63, 3.8) is 0 Å². The van der Waals surface area contributed by atoms with Crippen molar-refractivity contribution < 1.29 is 9.47 Å². The van der Waals surface area contributed by atoms with Crippen LogP contribution in [0.15, 0.2) is 30.3 Å². The maximum absolute atomic E-state index is 5.81. The van der Waals surface area contributed by atoms with Gasteiger partial charge in [-0.25, -0.2) is 0 Å². The molecule has 0 spiro atoms. The van der Waals surface area contributed by atoms with Crippen molar-refractivity contribution >= 4 is 0 Å². The van der Waals surface area contributed by atoms with Crippen molar-refractivity contribution in [1.82, 2.24) is 5.32 Å². The second-order valence-corrected chi connectivity index (χ2v) is 4.90. The van der Waals surface area contributed by atoms with Gasteiger partial charge in [0, 0.05) is 19.3 Å². The summed E-state index contributed by atoms with van der Waals surface area (Å²) < 4.78 is 11.2. The van der Waals surface area contributed by atoms with Gasteiger partial charge in [-0.05, 0) is 44.4 Å². The van der Waals surface area contributed by atoms with E-state index in [0.29, 0.717) is 6.04 Å². The number of para-hydroxylation sites is 1. The molecule has 0 bridgehead atoms. The predicted molar refractivity (Wildman–Crippen MR) is 72.9 cm³/mol. The molecule has 3 heteroatoms. The Kier molecular flexibility index (Phi) is 5.49. The first-order valence-corrected chi connectivity index (χ1v) is 6.81. The topological polar surface area (TPSA) is 30.5 Å². The van der Waals surface area contributed by atoms with Crippen LogP contribution in [0, 0.1) is 5.92 Å². The molecule has 0 amide bonds. The molecule has 1 atom stereocenters. The molecule has 1 aliphatic rings. The molecule has 18 heavy (non-hydrogen) atoms. The summed E-state index contributed by atoms with van der Waals surface area (Å²) in [5.41, 5.74) is 0. The number of benzene rings is 1. The Balaban J connectivity index is 1.74. The molecule has 1 N–H and O–H groups in total. The summed E-state index contributed by atoms with van der Waals surface area (Å²) in [6, 6.07) is 10.4. The lowest BCUT2D eigenvalue weighted by Gasteiger charge is -2.26. The third kappa shape index (κ3) is 4.31. The van der Waals surface area contributed by atoms with Crippen molar-refractivity contribution in [2.75, 3.05) is 26.9 Å². The maximum Gasteiger partial charge on any atom is 0.119 e. The smallest absolute Gasteiger partial charge is 0.119 e.